The second-order valence-corrected chi connectivity index (χ2v) is 8.44. The predicted octanol–water partition coefficient (Wildman–Crippen LogP) is 3.06. The number of benzene rings is 2. The molecule has 41 heavy (non-hydrogen) atoms. The summed E-state index contributed by atoms with van der Waals surface area (Å²) in [5.74, 6) is -5.30. The average Bonchev–Trinajstić information content (AvgIpc) is 3.30. The summed E-state index contributed by atoms with van der Waals surface area (Å²) >= 11 is 0. The molecule has 218 valence electrons. The lowest BCUT2D eigenvalue weighted by molar-refractivity contribution is -0.144. The molecule has 0 saturated carbocycles. The van der Waals surface area contributed by atoms with Crippen LogP contribution in [-0.4, -0.2) is 58.3 Å². The van der Waals surface area contributed by atoms with E-state index in [1.165, 1.54) is 52.7 Å². The van der Waals surface area contributed by atoms with Crippen molar-refractivity contribution in [3.05, 3.63) is 41.0 Å². The Hall–Kier alpha value is -5.07. The Balaban J connectivity index is 2.33. The van der Waals surface area contributed by atoms with E-state index < -0.39 is 41.9 Å². The minimum atomic E-state index is -1.19. The van der Waals surface area contributed by atoms with Gasteiger partial charge in [0, 0.05) is 43.5 Å². The van der Waals surface area contributed by atoms with E-state index >= 15 is 0 Å². The highest BCUT2D eigenvalue weighted by Crippen LogP contribution is 2.57. The zero-order valence-electron chi connectivity index (χ0n) is 23.3. The maximum atomic E-state index is 13.2. The molecule has 0 radical (unpaired) electrons. The zero-order chi connectivity index (χ0) is 30.4. The van der Waals surface area contributed by atoms with Crippen LogP contribution in [0.4, 0.5) is 0 Å². The first kappa shape index (κ1) is 30.5. The molecule has 1 heterocycles. The quantitative estimate of drug-likeness (QED) is 0.245. The Kier molecular flexibility index (Phi) is 9.55. The van der Waals surface area contributed by atoms with E-state index in [9.17, 15) is 24.0 Å². The Labute approximate surface area is 234 Å². The lowest BCUT2D eigenvalue weighted by atomic mass is 9.89. The first-order valence-electron chi connectivity index (χ1n) is 12.0. The van der Waals surface area contributed by atoms with Crippen molar-refractivity contribution >= 4 is 35.9 Å². The second-order valence-electron chi connectivity index (χ2n) is 8.44. The van der Waals surface area contributed by atoms with Gasteiger partial charge < -0.3 is 37.9 Å². The third kappa shape index (κ3) is 6.40. The van der Waals surface area contributed by atoms with Gasteiger partial charge in [0.2, 0.25) is 11.5 Å². The van der Waals surface area contributed by atoms with Gasteiger partial charge >= 0.3 is 29.8 Å². The van der Waals surface area contributed by atoms with Gasteiger partial charge in [-0.25, -0.2) is 4.79 Å². The first-order chi connectivity index (χ1) is 19.5. The molecular weight excluding hydrogens is 544 g/mol. The molecule has 2 unspecified atom stereocenters. The second kappa shape index (κ2) is 12.9. The van der Waals surface area contributed by atoms with Crippen molar-refractivity contribution in [1.29, 1.82) is 0 Å². The minimum Gasteiger partial charge on any atom is -0.492 e. The maximum absolute atomic E-state index is 13.2. The van der Waals surface area contributed by atoms with Crippen LogP contribution in [0.15, 0.2) is 24.3 Å². The monoisotopic (exact) mass is 572 g/mol. The van der Waals surface area contributed by atoms with Gasteiger partial charge in [0.25, 0.3) is 0 Å². The Morgan fingerprint density at radius 2 is 1.34 bits per heavy atom. The van der Waals surface area contributed by atoms with Crippen LogP contribution in [0, 0.1) is 0 Å². The van der Waals surface area contributed by atoms with Crippen molar-refractivity contribution in [3.8, 4) is 34.5 Å². The van der Waals surface area contributed by atoms with E-state index in [0.29, 0.717) is 0 Å². The summed E-state index contributed by atoms with van der Waals surface area (Å²) in [4.78, 5) is 60.7. The van der Waals surface area contributed by atoms with E-state index in [1.807, 2.05) is 0 Å². The molecule has 1 aliphatic rings. The number of fused-ring (bicyclic) bond motifs is 1. The van der Waals surface area contributed by atoms with Crippen LogP contribution in [0.1, 0.15) is 49.5 Å². The van der Waals surface area contributed by atoms with Crippen LogP contribution >= 0.6 is 0 Å². The van der Waals surface area contributed by atoms with Crippen LogP contribution < -0.4 is 28.4 Å². The van der Waals surface area contributed by atoms with Crippen molar-refractivity contribution in [3.63, 3.8) is 0 Å². The summed E-state index contributed by atoms with van der Waals surface area (Å²) < 4.78 is 42.9. The lowest BCUT2D eigenvalue weighted by Crippen LogP contribution is -2.21. The van der Waals surface area contributed by atoms with Crippen LogP contribution in [0.2, 0.25) is 0 Å². The summed E-state index contributed by atoms with van der Waals surface area (Å²) in [6, 6.07) is 4.31. The fraction of sp³-hybridized carbons (Fsp3) is 0.321. The topological polar surface area (TPSA) is 159 Å². The number of ether oxygens (including phenoxy) is 8. The van der Waals surface area contributed by atoms with Gasteiger partial charge in [-0.2, -0.15) is 0 Å². The van der Waals surface area contributed by atoms with E-state index in [0.717, 1.165) is 26.8 Å². The Morgan fingerprint density at radius 3 is 1.88 bits per heavy atom. The number of hydrogen-bond acceptors (Lipinski definition) is 13. The van der Waals surface area contributed by atoms with Gasteiger partial charge in [-0.3, -0.25) is 19.2 Å². The van der Waals surface area contributed by atoms with Gasteiger partial charge in [0.05, 0.1) is 28.4 Å². The number of methoxy groups -OCH3 is 4. The third-order valence-corrected chi connectivity index (χ3v) is 5.75. The third-order valence-electron chi connectivity index (χ3n) is 5.75. The fourth-order valence-electron chi connectivity index (χ4n) is 4.26. The largest absolute Gasteiger partial charge is 0.492 e. The number of carbonyl (C=O) groups is 5. The predicted molar refractivity (Wildman–Crippen MR) is 139 cm³/mol. The van der Waals surface area contributed by atoms with Crippen LogP contribution in [0.3, 0.4) is 0 Å². The van der Waals surface area contributed by atoms with E-state index in [2.05, 4.69) is 4.74 Å². The summed E-state index contributed by atoms with van der Waals surface area (Å²) in [5, 5.41) is 0. The van der Waals surface area contributed by atoms with Crippen molar-refractivity contribution in [1.82, 2.24) is 0 Å². The van der Waals surface area contributed by atoms with E-state index in [1.54, 1.807) is 0 Å². The number of rotatable bonds is 9. The number of hydrogen-bond donors (Lipinski definition) is 0. The molecule has 0 saturated heterocycles. The van der Waals surface area contributed by atoms with Gasteiger partial charge in [0.1, 0.15) is 12.0 Å². The molecular formula is C28H28O13. The van der Waals surface area contributed by atoms with Gasteiger partial charge in [-0.1, -0.05) is 0 Å². The van der Waals surface area contributed by atoms with Crippen molar-refractivity contribution in [2.24, 2.45) is 0 Å². The van der Waals surface area contributed by atoms with E-state index in [4.69, 9.17) is 33.2 Å². The Bertz CT molecular complexity index is 1420. The maximum Gasteiger partial charge on any atom is 0.330 e. The standard InChI is InChI=1S/C28H28O13/c1-13(29)38-19-10-9-17(24(36-6)26(19)39-14(2)30)23-21(28(33)37-7)18-12-16(8-11-20(32)34-4)22(35-5)27(25(18)41-23)40-15(3)31/h8-12,21,23H,1-7H3. The summed E-state index contributed by atoms with van der Waals surface area (Å²) in [6.45, 7) is 3.47. The molecule has 0 amide bonds. The molecule has 0 N–H and O–H groups in total. The van der Waals surface area contributed by atoms with Gasteiger partial charge in [-0.15, -0.1) is 0 Å². The van der Waals surface area contributed by atoms with Crippen LogP contribution in [0.5, 0.6) is 34.5 Å². The molecule has 0 aliphatic carbocycles. The SMILES string of the molecule is COC(=O)C=Cc1cc2c(c(OC(C)=O)c1OC)OC(c1ccc(OC(C)=O)c(OC(C)=O)c1OC)C2C(=O)OC. The summed E-state index contributed by atoms with van der Waals surface area (Å²) in [7, 11) is 4.97. The summed E-state index contributed by atoms with van der Waals surface area (Å²) in [6.07, 6.45) is 1.28. The molecule has 0 aromatic heterocycles. The molecule has 2 aromatic rings. The highest BCUT2D eigenvalue weighted by molar-refractivity contribution is 5.90. The average molecular weight is 573 g/mol. The van der Waals surface area contributed by atoms with Gasteiger partial charge in [0.15, 0.2) is 23.0 Å². The first-order valence-corrected chi connectivity index (χ1v) is 12.0. The molecule has 13 nitrogen and oxygen atoms in total. The fourth-order valence-corrected chi connectivity index (χ4v) is 4.26. The summed E-state index contributed by atoms with van der Waals surface area (Å²) in [5.41, 5.74) is 0.679. The number of esters is 5. The van der Waals surface area contributed by atoms with Crippen molar-refractivity contribution < 1.29 is 61.9 Å². The zero-order valence-corrected chi connectivity index (χ0v) is 23.3. The lowest BCUT2D eigenvalue weighted by Gasteiger charge is -2.22. The Morgan fingerprint density at radius 1 is 0.732 bits per heavy atom. The highest BCUT2D eigenvalue weighted by atomic mass is 16.6. The van der Waals surface area contributed by atoms with Crippen molar-refractivity contribution in [2.75, 3.05) is 28.4 Å². The molecule has 3 rings (SSSR count). The minimum absolute atomic E-state index is 0.0205. The molecule has 0 bridgehead atoms. The highest BCUT2D eigenvalue weighted by Gasteiger charge is 2.46. The van der Waals surface area contributed by atoms with Gasteiger partial charge in [-0.05, 0) is 24.3 Å². The smallest absolute Gasteiger partial charge is 0.330 e. The van der Waals surface area contributed by atoms with Crippen LogP contribution in [-0.2, 0) is 33.4 Å². The molecule has 2 aromatic carbocycles. The normalized spacial score (nSPS) is 15.3. The molecule has 2 atom stereocenters. The molecule has 0 fully saturated rings. The molecule has 0 spiro atoms. The van der Waals surface area contributed by atoms with E-state index in [-0.39, 0.29) is 51.2 Å². The van der Waals surface area contributed by atoms with Crippen LogP contribution in [0.25, 0.3) is 6.08 Å². The number of carbonyl (C=O) groups excluding carboxylic acids is 5. The molecule has 1 aliphatic heterocycles. The van der Waals surface area contributed by atoms with Crippen molar-refractivity contribution in [2.45, 2.75) is 32.8 Å². The molecule has 13 heteroatoms.